The molecule has 0 fully saturated rings. The summed E-state index contributed by atoms with van der Waals surface area (Å²) >= 11 is -4.24. The molecule has 0 aliphatic rings. The van der Waals surface area contributed by atoms with E-state index in [1.54, 1.807) is 0 Å². The number of hydrogen-bond donors (Lipinski definition) is 2. The minimum atomic E-state index is -2.61. The Labute approximate surface area is 47.8 Å². The van der Waals surface area contributed by atoms with E-state index in [4.69, 9.17) is 21.0 Å². The van der Waals surface area contributed by atoms with Crippen molar-refractivity contribution < 1.29 is 21.0 Å². The molecule has 0 bridgehead atoms. The third kappa shape index (κ3) is 3030. The molecule has 0 aliphatic carbocycles. The number of hydrogen-bond acceptors (Lipinski definition) is 3. The summed E-state index contributed by atoms with van der Waals surface area (Å²) in [6, 6.07) is 0. The average Bonchev–Trinajstić information content (AvgIpc) is 1.33. The second kappa shape index (κ2) is 9.50. The van der Waals surface area contributed by atoms with Crippen LogP contribution >= 0.6 is 0 Å². The van der Waals surface area contributed by atoms with Crippen LogP contribution in [0, 0.1) is 0 Å². The number of rotatable bonds is 0. The van der Waals surface area contributed by atoms with E-state index in [1.807, 2.05) is 0 Å². The Morgan fingerprint density at radius 1 is 1.29 bits per heavy atom. The van der Waals surface area contributed by atoms with E-state index < -0.39 is 26.2 Å². The van der Waals surface area contributed by atoms with Crippen molar-refractivity contribution >= 4 is 26.2 Å². The predicted octanol–water partition coefficient (Wildman–Crippen LogP) is -0.937. The van der Waals surface area contributed by atoms with E-state index in [-0.39, 0.29) is 0 Å². The van der Waals surface area contributed by atoms with Gasteiger partial charge >= 0.3 is 22.5 Å². The fourth-order valence-electron chi connectivity index (χ4n) is 0. The monoisotopic (exact) mass is 194 g/mol. The van der Waals surface area contributed by atoms with Crippen molar-refractivity contribution in [3.05, 3.63) is 0 Å². The zero-order chi connectivity index (χ0) is 6.28. The molecule has 0 saturated heterocycles. The molecule has 5 nitrogen and oxygen atoms in total. The van der Waals surface area contributed by atoms with E-state index in [2.05, 4.69) is 0 Å². The third-order valence-electron chi connectivity index (χ3n) is 0. The zero-order valence-corrected chi connectivity index (χ0v) is 5.47. The van der Waals surface area contributed by atoms with Crippen molar-refractivity contribution in [2.24, 2.45) is 0 Å². The summed E-state index contributed by atoms with van der Waals surface area (Å²) < 4.78 is 39.7. The molecule has 0 aromatic carbocycles. The summed E-state index contributed by atoms with van der Waals surface area (Å²) in [5, 5.41) is 0. The van der Waals surface area contributed by atoms with Gasteiger partial charge in [-0.25, -0.2) is 0 Å². The van der Waals surface area contributed by atoms with Gasteiger partial charge in [-0.15, -0.1) is 0 Å². The predicted molar refractivity (Wildman–Crippen MR) is 20.5 cm³/mol. The van der Waals surface area contributed by atoms with Crippen molar-refractivity contribution in [3.63, 3.8) is 0 Å². The quantitative estimate of drug-likeness (QED) is 0.382. The summed E-state index contributed by atoms with van der Waals surface area (Å²) in [7, 11) is 0. The van der Waals surface area contributed by atoms with Crippen LogP contribution < -0.4 is 0 Å². The van der Waals surface area contributed by atoms with Gasteiger partial charge in [-0.05, 0) is 0 Å². The van der Waals surface area contributed by atoms with Gasteiger partial charge in [0.15, 0.2) is 0 Å². The van der Waals surface area contributed by atoms with Crippen molar-refractivity contribution in [3.8, 4) is 0 Å². The van der Waals surface area contributed by atoms with Crippen LogP contribution in [-0.4, -0.2) is 28.1 Å². The molecule has 44 valence electrons. The van der Waals surface area contributed by atoms with Crippen molar-refractivity contribution in [1.29, 1.82) is 0 Å². The molecule has 0 radical (unpaired) electrons. The first kappa shape index (κ1) is 10.2. The minimum absolute atomic E-state index is 1.62. The van der Waals surface area contributed by atoms with Crippen LogP contribution in [-0.2, 0) is 19.0 Å². The Balaban J connectivity index is 0. The molecule has 0 rings (SSSR count). The maximum atomic E-state index is 8.67. The fourth-order valence-corrected chi connectivity index (χ4v) is 0. The molecule has 0 aliphatic heterocycles. The Hall–Kier alpha value is 0.189. The third-order valence-corrected chi connectivity index (χ3v) is 0. The molecule has 7 heavy (non-hydrogen) atoms. The van der Waals surface area contributed by atoms with Gasteiger partial charge in [-0.1, -0.05) is 0 Å². The molecule has 0 unspecified atom stereocenters. The molecule has 0 saturated carbocycles. The Kier molecular flexibility index (Phi) is 13.9. The van der Waals surface area contributed by atoms with E-state index in [0.29, 0.717) is 0 Å². The van der Waals surface area contributed by atoms with Crippen molar-refractivity contribution in [2.45, 2.75) is 0 Å². The van der Waals surface area contributed by atoms with Crippen LogP contribution in [0.2, 0.25) is 0 Å². The maximum absolute atomic E-state index is 8.67. The van der Waals surface area contributed by atoms with E-state index >= 15 is 0 Å². The van der Waals surface area contributed by atoms with E-state index in [9.17, 15) is 0 Å². The van der Waals surface area contributed by atoms with Gasteiger partial charge in [-0.3, -0.25) is 9.11 Å². The standard InChI is InChI=1S/H2O3S.O2Se/c1-4(2)3;1-3-2/h(H2,1,2,3);. The Bertz CT molecular complexity index is 76.1. The molecule has 0 atom stereocenters. The average molecular weight is 193 g/mol. The van der Waals surface area contributed by atoms with Crippen LogP contribution in [0.15, 0.2) is 0 Å². The first-order valence-corrected chi connectivity index (χ1v) is 3.33. The van der Waals surface area contributed by atoms with Crippen LogP contribution in [0.3, 0.4) is 0 Å². The SMILES string of the molecule is O=S(O)O.O=[Se]=O. The van der Waals surface area contributed by atoms with Gasteiger partial charge in [0.25, 0.3) is 11.4 Å². The first-order valence-electron chi connectivity index (χ1n) is 0.865. The van der Waals surface area contributed by atoms with Crippen molar-refractivity contribution in [1.82, 2.24) is 0 Å². The zero-order valence-electron chi connectivity index (χ0n) is 2.94. The summed E-state index contributed by atoms with van der Waals surface area (Å²) in [5.74, 6) is 0. The normalized spacial score (nSPS) is 6.71. The second-order valence-corrected chi connectivity index (χ2v) is 1.05. The second-order valence-electron chi connectivity index (χ2n) is 0.299. The summed E-state index contributed by atoms with van der Waals surface area (Å²) in [6.45, 7) is 0. The van der Waals surface area contributed by atoms with Gasteiger partial charge in [0, 0.05) is 0 Å². The molecule has 2 N–H and O–H groups in total. The van der Waals surface area contributed by atoms with Gasteiger partial charge in [-0.2, -0.15) is 4.21 Å². The van der Waals surface area contributed by atoms with Crippen LogP contribution in [0.25, 0.3) is 0 Å². The Morgan fingerprint density at radius 2 is 1.29 bits per heavy atom. The van der Waals surface area contributed by atoms with Crippen molar-refractivity contribution in [2.75, 3.05) is 0 Å². The van der Waals surface area contributed by atoms with Crippen LogP contribution in [0.4, 0.5) is 0 Å². The molecular weight excluding hydrogens is 191 g/mol. The summed E-state index contributed by atoms with van der Waals surface area (Å²) in [6.07, 6.45) is 0. The van der Waals surface area contributed by atoms with Gasteiger partial charge in [0.2, 0.25) is 0 Å². The van der Waals surface area contributed by atoms with Gasteiger partial charge < -0.3 is 0 Å². The molecule has 0 aromatic rings. The van der Waals surface area contributed by atoms with Gasteiger partial charge in [0.05, 0.1) is 0 Å². The summed E-state index contributed by atoms with van der Waals surface area (Å²) in [5.41, 5.74) is 0. The van der Waals surface area contributed by atoms with Gasteiger partial charge in [0.1, 0.15) is 0 Å². The van der Waals surface area contributed by atoms with Crippen LogP contribution in [0.5, 0.6) is 0 Å². The molecule has 0 aromatic heterocycles. The molecular formula is H2O5SSe. The molecule has 0 amide bonds. The van der Waals surface area contributed by atoms with E-state index in [0.717, 1.165) is 0 Å². The Morgan fingerprint density at radius 3 is 1.29 bits per heavy atom. The van der Waals surface area contributed by atoms with E-state index in [1.165, 1.54) is 0 Å². The molecule has 0 spiro atoms. The topological polar surface area (TPSA) is 91.7 Å². The first-order chi connectivity index (χ1) is 3.15. The summed E-state index contributed by atoms with van der Waals surface area (Å²) in [4.78, 5) is 0. The molecule has 7 heteroatoms. The molecule has 0 heterocycles. The van der Waals surface area contributed by atoms with Crippen LogP contribution in [0.1, 0.15) is 0 Å². The fraction of sp³-hybridized carbons (Fsp3) is 0.